The number of nitrogens with zero attached hydrogens (tertiary/aromatic N) is 2. The van der Waals surface area contributed by atoms with E-state index in [0.29, 0.717) is 19.3 Å². The van der Waals surface area contributed by atoms with Gasteiger partial charge in [0.25, 0.3) is 0 Å². The van der Waals surface area contributed by atoms with Crippen LogP contribution in [-0.2, 0) is 27.1 Å². The lowest BCUT2D eigenvalue weighted by molar-refractivity contribution is -0.172. The summed E-state index contributed by atoms with van der Waals surface area (Å²) < 4.78 is 25.3. The lowest BCUT2D eigenvalue weighted by atomic mass is 9.65. The zero-order valence-corrected chi connectivity index (χ0v) is 21.9. The van der Waals surface area contributed by atoms with Crippen LogP contribution in [0.4, 0.5) is 4.39 Å². The molecule has 0 saturated carbocycles. The Morgan fingerprint density at radius 1 is 1.25 bits per heavy atom. The number of H-pyrrole nitrogens is 1. The molecule has 4 rings (SSSR count). The molecule has 1 N–H and O–H groups in total. The lowest BCUT2D eigenvalue weighted by Gasteiger charge is -2.47. The average molecular weight is 496 g/mol. The van der Waals surface area contributed by atoms with Crippen molar-refractivity contribution < 1.29 is 18.7 Å². The van der Waals surface area contributed by atoms with Crippen LogP contribution in [0.3, 0.4) is 0 Å². The van der Waals surface area contributed by atoms with E-state index in [1.54, 1.807) is 6.07 Å². The number of aryl methyl sites for hydroxylation is 2. The Kier molecular flexibility index (Phi) is 8.42. The summed E-state index contributed by atoms with van der Waals surface area (Å²) in [5.74, 6) is 0.658. The van der Waals surface area contributed by atoms with Crippen molar-refractivity contribution in [1.82, 2.24) is 14.9 Å². The predicted molar refractivity (Wildman–Crippen MR) is 140 cm³/mol. The van der Waals surface area contributed by atoms with Crippen molar-refractivity contribution in [2.24, 2.45) is 5.92 Å². The number of aromatic nitrogens is 2. The van der Waals surface area contributed by atoms with Gasteiger partial charge in [0.15, 0.2) is 0 Å². The molecule has 1 heterocycles. The molecule has 1 unspecified atom stereocenters. The third-order valence-electron chi connectivity index (χ3n) is 7.38. The Bertz CT molecular complexity index is 1140. The maximum atomic E-state index is 14.0. The van der Waals surface area contributed by atoms with Crippen molar-refractivity contribution in [1.29, 1.82) is 0 Å². The Morgan fingerprint density at radius 2 is 2.06 bits per heavy atom. The Hall–Kier alpha value is -2.77. The minimum absolute atomic E-state index is 0.00777. The molecular weight excluding hydrogens is 457 g/mol. The van der Waals surface area contributed by atoms with E-state index in [-0.39, 0.29) is 30.2 Å². The van der Waals surface area contributed by atoms with Gasteiger partial charge in [-0.3, -0.25) is 0 Å². The Morgan fingerprint density at radius 3 is 2.81 bits per heavy atom. The van der Waals surface area contributed by atoms with Gasteiger partial charge in [-0.05, 0) is 74.2 Å². The number of rotatable bonds is 11. The second kappa shape index (κ2) is 11.5. The summed E-state index contributed by atoms with van der Waals surface area (Å²) in [4.78, 5) is 23.0. The van der Waals surface area contributed by atoms with E-state index < -0.39 is 5.60 Å². The third-order valence-corrected chi connectivity index (χ3v) is 7.38. The van der Waals surface area contributed by atoms with Crippen LogP contribution < -0.4 is 0 Å². The summed E-state index contributed by atoms with van der Waals surface area (Å²) in [7, 11) is 3.61. The lowest BCUT2D eigenvalue weighted by Crippen LogP contribution is -2.49. The molecule has 3 aromatic rings. The van der Waals surface area contributed by atoms with Crippen LogP contribution in [0.1, 0.15) is 56.0 Å². The highest BCUT2D eigenvalue weighted by Crippen LogP contribution is 2.48. The van der Waals surface area contributed by atoms with Gasteiger partial charge in [-0.15, -0.1) is 0 Å². The monoisotopic (exact) mass is 495 g/mol. The molecule has 0 spiro atoms. The van der Waals surface area contributed by atoms with Crippen molar-refractivity contribution in [2.75, 3.05) is 33.9 Å². The summed E-state index contributed by atoms with van der Waals surface area (Å²) in [6.45, 7) is 5.93. The number of hydrogen-bond donors (Lipinski definition) is 1. The fourth-order valence-electron chi connectivity index (χ4n) is 5.80. The normalized spacial score (nSPS) is 19.7. The number of carbonyl (C=O) groups is 1. The number of benzene rings is 2. The molecule has 7 heteroatoms. The van der Waals surface area contributed by atoms with Crippen LogP contribution in [0.25, 0.3) is 11.0 Å². The fraction of sp³-hybridized carbons (Fsp3) is 0.517. The van der Waals surface area contributed by atoms with Crippen LogP contribution >= 0.6 is 0 Å². The number of hydrogen-bond acceptors (Lipinski definition) is 5. The molecule has 0 saturated heterocycles. The van der Waals surface area contributed by atoms with Gasteiger partial charge in [-0.25, -0.2) is 14.2 Å². The number of ether oxygens (including phenoxy) is 2. The summed E-state index contributed by atoms with van der Waals surface area (Å²) in [6, 6.07) is 13.1. The largest absolute Gasteiger partial charge is 0.457 e. The van der Waals surface area contributed by atoms with Crippen molar-refractivity contribution in [2.45, 2.75) is 57.5 Å². The van der Waals surface area contributed by atoms with Gasteiger partial charge in [-0.1, -0.05) is 32.0 Å². The summed E-state index contributed by atoms with van der Waals surface area (Å²) in [5.41, 5.74) is 3.53. The number of esters is 1. The predicted octanol–water partition coefficient (Wildman–Crippen LogP) is 5.27. The number of imidazole rings is 1. The van der Waals surface area contributed by atoms with E-state index in [2.05, 4.69) is 35.8 Å². The van der Waals surface area contributed by atoms with E-state index in [9.17, 15) is 9.18 Å². The molecule has 0 radical (unpaired) electrons. The standard InChI is InChI=1S/C29H38FN3O3/c1-20(2)28-23-12-11-22(30)18-21(23)13-14-29(28,36-27(34)19-35-4)15-17-33(3)16-7-10-26-31-24-8-5-6-9-25(24)32-26/h5-6,8-9,11-12,18,20,28H,7,10,13-17,19H2,1-4H3,(H,31,32)/t28?,29-/m0/s1. The number of methoxy groups -OCH3 is 1. The van der Waals surface area contributed by atoms with Crippen molar-refractivity contribution in [3.05, 3.63) is 65.2 Å². The van der Waals surface area contributed by atoms with Gasteiger partial charge < -0.3 is 19.4 Å². The molecule has 194 valence electrons. The van der Waals surface area contributed by atoms with Crippen molar-refractivity contribution in [3.8, 4) is 0 Å². The topological polar surface area (TPSA) is 67.5 Å². The molecule has 0 bridgehead atoms. The van der Waals surface area contributed by atoms with Gasteiger partial charge in [0.2, 0.25) is 0 Å². The van der Waals surface area contributed by atoms with E-state index in [1.807, 2.05) is 30.3 Å². The molecule has 0 aliphatic heterocycles. The SMILES string of the molecule is COCC(=O)O[C@]1(CCN(C)CCCc2nc3ccccc3[nH]2)CCc2cc(F)ccc2C1C(C)C. The highest BCUT2D eigenvalue weighted by atomic mass is 19.1. The van der Waals surface area contributed by atoms with E-state index in [1.165, 1.54) is 13.2 Å². The number of nitrogens with one attached hydrogen (secondary N) is 1. The quantitative estimate of drug-likeness (QED) is 0.367. The summed E-state index contributed by atoms with van der Waals surface area (Å²) in [5, 5.41) is 0. The molecule has 1 aliphatic rings. The summed E-state index contributed by atoms with van der Waals surface area (Å²) >= 11 is 0. The number of aromatic amines is 1. The first-order valence-corrected chi connectivity index (χ1v) is 12.9. The third kappa shape index (κ3) is 5.95. The maximum Gasteiger partial charge on any atom is 0.332 e. The van der Waals surface area contributed by atoms with Crippen molar-refractivity contribution in [3.63, 3.8) is 0 Å². The smallest absolute Gasteiger partial charge is 0.332 e. The average Bonchev–Trinajstić information content (AvgIpc) is 3.25. The van der Waals surface area contributed by atoms with Gasteiger partial charge in [0.05, 0.1) is 11.0 Å². The molecule has 2 aromatic carbocycles. The number of fused-ring (bicyclic) bond motifs is 2. The first-order valence-electron chi connectivity index (χ1n) is 12.9. The summed E-state index contributed by atoms with van der Waals surface area (Å²) in [6.07, 6.45) is 3.92. The molecule has 1 aliphatic carbocycles. The van der Waals surface area contributed by atoms with Crippen LogP contribution in [0.15, 0.2) is 42.5 Å². The highest BCUT2D eigenvalue weighted by Gasteiger charge is 2.47. The van der Waals surface area contributed by atoms with E-state index in [4.69, 9.17) is 9.47 Å². The fourth-order valence-corrected chi connectivity index (χ4v) is 5.80. The zero-order chi connectivity index (χ0) is 25.7. The molecule has 0 amide bonds. The zero-order valence-electron chi connectivity index (χ0n) is 21.9. The molecule has 6 nitrogen and oxygen atoms in total. The maximum absolute atomic E-state index is 14.0. The van der Waals surface area contributed by atoms with Gasteiger partial charge in [0, 0.05) is 32.4 Å². The van der Waals surface area contributed by atoms with E-state index >= 15 is 0 Å². The second-order valence-corrected chi connectivity index (χ2v) is 10.4. The molecule has 36 heavy (non-hydrogen) atoms. The van der Waals surface area contributed by atoms with Crippen LogP contribution in [0, 0.1) is 11.7 Å². The van der Waals surface area contributed by atoms with E-state index in [0.717, 1.165) is 53.9 Å². The van der Waals surface area contributed by atoms with Crippen LogP contribution in [-0.4, -0.2) is 60.3 Å². The Balaban J connectivity index is 1.44. The minimum Gasteiger partial charge on any atom is -0.457 e. The second-order valence-electron chi connectivity index (χ2n) is 10.4. The number of para-hydroxylation sites is 2. The number of halogens is 1. The number of carbonyl (C=O) groups excluding carboxylic acids is 1. The van der Waals surface area contributed by atoms with Gasteiger partial charge >= 0.3 is 5.97 Å². The molecular formula is C29H38FN3O3. The van der Waals surface area contributed by atoms with Gasteiger partial charge in [0.1, 0.15) is 23.8 Å². The Labute approximate surface area is 213 Å². The first-order chi connectivity index (χ1) is 17.3. The molecule has 2 atom stereocenters. The highest BCUT2D eigenvalue weighted by molar-refractivity contribution is 5.74. The van der Waals surface area contributed by atoms with Crippen molar-refractivity contribution >= 4 is 17.0 Å². The minimum atomic E-state index is -0.651. The van der Waals surface area contributed by atoms with Crippen LogP contribution in [0.2, 0.25) is 0 Å². The van der Waals surface area contributed by atoms with Gasteiger partial charge in [-0.2, -0.15) is 0 Å². The van der Waals surface area contributed by atoms with Crippen LogP contribution in [0.5, 0.6) is 0 Å². The molecule has 0 fully saturated rings. The first kappa shape index (κ1) is 26.3. The molecule has 1 aromatic heterocycles.